The number of benzene rings is 1. The highest BCUT2D eigenvalue weighted by Crippen LogP contribution is 2.58. The zero-order valence-corrected chi connectivity index (χ0v) is 18.7. The number of likely N-dealkylation sites (N-methyl/N-ethyl adjacent to an activating group) is 1. The smallest absolute Gasteiger partial charge is 0.346 e. The fraction of sp³-hybridized carbons (Fsp3) is 0.500. The summed E-state index contributed by atoms with van der Waals surface area (Å²) >= 11 is 6.65. The number of ether oxygens (including phenoxy) is 1. The van der Waals surface area contributed by atoms with Crippen LogP contribution in [0.1, 0.15) is 26.3 Å². The molecule has 2 rings (SSSR count). The molecule has 0 saturated carbocycles. The van der Waals surface area contributed by atoms with Gasteiger partial charge in [-0.15, -0.1) is 0 Å². The van der Waals surface area contributed by atoms with E-state index in [1.54, 1.807) is 40.0 Å². The minimum atomic E-state index is -4.01. The van der Waals surface area contributed by atoms with Crippen LogP contribution >= 0.6 is 19.2 Å². The quantitative estimate of drug-likeness (QED) is 0.425. The molecule has 9 heteroatoms. The summed E-state index contributed by atoms with van der Waals surface area (Å²) in [7, 11) is -2.41. The highest BCUT2D eigenvalue weighted by molar-refractivity contribution is 7.55. The van der Waals surface area contributed by atoms with Gasteiger partial charge in [0.2, 0.25) is 5.91 Å². The Bertz CT molecular complexity index is 802. The van der Waals surface area contributed by atoms with Crippen molar-refractivity contribution >= 4 is 36.1 Å². The summed E-state index contributed by atoms with van der Waals surface area (Å²) in [5, 5.41) is 0.335. The molecule has 29 heavy (non-hydrogen) atoms. The molecule has 1 aliphatic rings. The Hall–Kier alpha value is -1.66. The van der Waals surface area contributed by atoms with Crippen molar-refractivity contribution in [3.8, 4) is 0 Å². The molecule has 1 aliphatic heterocycles. The van der Waals surface area contributed by atoms with E-state index < -0.39 is 25.1 Å². The molecule has 0 N–H and O–H groups in total. The molecule has 0 spiro atoms. The number of nitrogens with zero attached hydrogens (tertiary/aromatic N) is 1. The van der Waals surface area contributed by atoms with Crippen molar-refractivity contribution < 1.29 is 27.9 Å². The van der Waals surface area contributed by atoms with Crippen molar-refractivity contribution in [1.82, 2.24) is 4.90 Å². The Labute approximate surface area is 176 Å². The summed E-state index contributed by atoms with van der Waals surface area (Å²) in [6.45, 7) is 5.29. The first-order chi connectivity index (χ1) is 13.8. The van der Waals surface area contributed by atoms with Gasteiger partial charge in [-0.3, -0.25) is 14.2 Å². The molecule has 0 aromatic heterocycles. The normalized spacial score (nSPS) is 20.0. The Morgan fingerprint density at radius 3 is 2.28 bits per heavy atom. The second-order valence-electron chi connectivity index (χ2n) is 6.45. The van der Waals surface area contributed by atoms with E-state index in [0.717, 1.165) is 0 Å². The molecule has 1 aromatic carbocycles. The third kappa shape index (κ3) is 5.10. The van der Waals surface area contributed by atoms with Gasteiger partial charge in [0, 0.05) is 18.6 Å². The molecule has 0 radical (unpaired) electrons. The van der Waals surface area contributed by atoms with Crippen LogP contribution in [0.4, 0.5) is 0 Å². The molecule has 1 amide bonds. The van der Waals surface area contributed by atoms with Crippen LogP contribution in [0, 0.1) is 5.92 Å². The van der Waals surface area contributed by atoms with Crippen molar-refractivity contribution in [3.63, 3.8) is 0 Å². The predicted octanol–water partition coefficient (Wildman–Crippen LogP) is 3.92. The molecular weight excluding hydrogens is 417 g/mol. The topological polar surface area (TPSA) is 82.1 Å². The first-order valence-electron chi connectivity index (χ1n) is 9.55. The molecule has 2 unspecified atom stereocenters. The largest absolute Gasteiger partial charge is 0.465 e. The number of esters is 1. The van der Waals surface area contributed by atoms with E-state index in [1.807, 2.05) is 18.2 Å². The first-order valence-corrected chi connectivity index (χ1v) is 11.5. The van der Waals surface area contributed by atoms with Gasteiger partial charge >= 0.3 is 13.6 Å². The molecule has 7 nitrogen and oxygen atoms in total. The minimum absolute atomic E-state index is 0.0510. The number of rotatable bonds is 9. The van der Waals surface area contributed by atoms with Gasteiger partial charge in [-0.05, 0) is 31.9 Å². The van der Waals surface area contributed by atoms with Crippen LogP contribution < -0.4 is 0 Å². The summed E-state index contributed by atoms with van der Waals surface area (Å²) in [4.78, 5) is 27.4. The van der Waals surface area contributed by atoms with Crippen molar-refractivity contribution in [1.29, 1.82) is 0 Å². The Kier molecular flexibility index (Phi) is 8.46. The van der Waals surface area contributed by atoms with E-state index in [2.05, 4.69) is 0 Å². The first kappa shape index (κ1) is 23.6. The molecule has 1 saturated heterocycles. The van der Waals surface area contributed by atoms with Gasteiger partial charge in [0.1, 0.15) is 0 Å². The predicted molar refractivity (Wildman–Crippen MR) is 112 cm³/mol. The fourth-order valence-corrected chi connectivity index (χ4v) is 5.78. The maximum atomic E-state index is 13.6. The Balaban J connectivity index is 2.66. The third-order valence-corrected chi connectivity index (χ3v) is 7.42. The zero-order chi connectivity index (χ0) is 21.6. The van der Waals surface area contributed by atoms with Gasteiger partial charge in [-0.1, -0.05) is 41.9 Å². The lowest BCUT2D eigenvalue weighted by Crippen LogP contribution is -2.38. The van der Waals surface area contributed by atoms with Crippen LogP contribution in [-0.4, -0.2) is 55.8 Å². The molecular formula is C20H27ClNO6P. The summed E-state index contributed by atoms with van der Waals surface area (Å²) in [5.74, 6) is -2.29. The number of amides is 1. The SMILES string of the molecule is CCOC(=O)C(C1C(=O)N(C)C/C1=C(/Cl)c1ccccc1)P(=O)(OCC)OCC. The van der Waals surface area contributed by atoms with Crippen molar-refractivity contribution in [2.75, 3.05) is 33.4 Å². The van der Waals surface area contributed by atoms with Gasteiger partial charge in [0.05, 0.1) is 25.7 Å². The second kappa shape index (κ2) is 10.4. The lowest BCUT2D eigenvalue weighted by Gasteiger charge is -2.28. The van der Waals surface area contributed by atoms with Gasteiger partial charge in [0.15, 0.2) is 5.66 Å². The number of carbonyl (C=O) groups excluding carboxylic acids is 2. The van der Waals surface area contributed by atoms with Gasteiger partial charge in [-0.2, -0.15) is 0 Å². The van der Waals surface area contributed by atoms with E-state index in [4.69, 9.17) is 25.4 Å². The number of carbonyl (C=O) groups is 2. The van der Waals surface area contributed by atoms with Crippen LogP contribution in [0.2, 0.25) is 0 Å². The van der Waals surface area contributed by atoms with Crippen LogP contribution in [-0.2, 0) is 27.9 Å². The standard InChI is InChI=1S/C20H27ClNO6P/c1-5-26-20(24)18(29(25,27-6-2)28-7-3)16-15(13-22(4)19(16)23)17(21)14-11-9-8-10-12-14/h8-12,16,18H,5-7,13H2,1-4H3/b17-15-. The summed E-state index contributed by atoms with van der Waals surface area (Å²) in [5.41, 5.74) is -0.252. The van der Waals surface area contributed by atoms with E-state index in [9.17, 15) is 14.2 Å². The molecule has 1 aromatic rings. The lowest BCUT2D eigenvalue weighted by molar-refractivity contribution is -0.146. The Morgan fingerprint density at radius 1 is 1.17 bits per heavy atom. The van der Waals surface area contributed by atoms with Crippen LogP contribution in [0.3, 0.4) is 0 Å². The monoisotopic (exact) mass is 443 g/mol. The summed E-state index contributed by atoms with van der Waals surface area (Å²) in [6, 6.07) is 9.10. The molecule has 0 bridgehead atoms. The van der Waals surface area contributed by atoms with Crippen LogP contribution in [0.15, 0.2) is 35.9 Å². The Morgan fingerprint density at radius 2 is 1.76 bits per heavy atom. The highest BCUT2D eigenvalue weighted by Gasteiger charge is 2.55. The molecule has 160 valence electrons. The van der Waals surface area contributed by atoms with E-state index >= 15 is 0 Å². The second-order valence-corrected chi connectivity index (χ2v) is 8.98. The van der Waals surface area contributed by atoms with Crippen molar-refractivity contribution in [2.45, 2.75) is 26.4 Å². The maximum absolute atomic E-state index is 13.6. The average Bonchev–Trinajstić information content (AvgIpc) is 2.97. The van der Waals surface area contributed by atoms with Crippen molar-refractivity contribution in [2.24, 2.45) is 5.92 Å². The van der Waals surface area contributed by atoms with E-state index in [1.165, 1.54) is 4.90 Å². The lowest BCUT2D eigenvalue weighted by atomic mass is 9.95. The fourth-order valence-electron chi connectivity index (χ4n) is 3.35. The van der Waals surface area contributed by atoms with Gasteiger partial charge < -0.3 is 18.7 Å². The van der Waals surface area contributed by atoms with Crippen molar-refractivity contribution in [3.05, 3.63) is 41.5 Å². The van der Waals surface area contributed by atoms with E-state index in [-0.39, 0.29) is 32.3 Å². The molecule has 1 fully saturated rings. The number of hydrogen-bond donors (Lipinski definition) is 0. The van der Waals surface area contributed by atoms with Crippen LogP contribution in [0.25, 0.3) is 5.03 Å². The highest BCUT2D eigenvalue weighted by atomic mass is 35.5. The van der Waals surface area contributed by atoms with Gasteiger partial charge in [-0.25, -0.2) is 0 Å². The average molecular weight is 444 g/mol. The number of hydrogen-bond acceptors (Lipinski definition) is 6. The third-order valence-electron chi connectivity index (χ3n) is 4.54. The zero-order valence-electron chi connectivity index (χ0n) is 17.1. The molecule has 0 aliphatic carbocycles. The maximum Gasteiger partial charge on any atom is 0.346 e. The summed E-state index contributed by atoms with van der Waals surface area (Å²) in [6.07, 6.45) is 0. The number of halogens is 1. The molecule has 1 heterocycles. The van der Waals surface area contributed by atoms with E-state index in [0.29, 0.717) is 16.2 Å². The molecule has 2 atom stereocenters. The van der Waals surface area contributed by atoms with Gasteiger partial charge in [0.25, 0.3) is 0 Å². The minimum Gasteiger partial charge on any atom is -0.465 e. The number of likely N-dealkylation sites (tertiary alicyclic amines) is 1. The van der Waals surface area contributed by atoms with Crippen LogP contribution in [0.5, 0.6) is 0 Å². The summed E-state index contributed by atoms with van der Waals surface area (Å²) < 4.78 is 29.6.